The van der Waals surface area contributed by atoms with E-state index in [0.717, 1.165) is 11.6 Å². The molecule has 8 heteroatoms. The van der Waals surface area contributed by atoms with E-state index in [1.165, 1.54) is 19.0 Å². The number of carbonyl (C=O) groups is 1. The molecule has 0 bridgehead atoms. The van der Waals surface area contributed by atoms with Gasteiger partial charge in [-0.05, 0) is 55.3 Å². The van der Waals surface area contributed by atoms with Crippen molar-refractivity contribution in [1.82, 2.24) is 25.1 Å². The van der Waals surface area contributed by atoms with E-state index in [0.29, 0.717) is 41.9 Å². The lowest BCUT2D eigenvalue weighted by atomic mass is 10.2. The normalized spacial score (nSPS) is 12.8. The fourth-order valence-corrected chi connectivity index (χ4v) is 3.39. The molecule has 0 unspecified atom stereocenters. The summed E-state index contributed by atoms with van der Waals surface area (Å²) in [6.45, 7) is 0.486. The van der Waals surface area contributed by atoms with Crippen LogP contribution in [0.4, 0.5) is 0 Å². The van der Waals surface area contributed by atoms with E-state index in [1.807, 2.05) is 42.5 Å². The highest BCUT2D eigenvalue weighted by Gasteiger charge is 2.25. The summed E-state index contributed by atoms with van der Waals surface area (Å²) in [7, 11) is 0. The number of nitrogens with one attached hydrogen (secondary N) is 1. The van der Waals surface area contributed by atoms with Crippen LogP contribution in [-0.4, -0.2) is 32.2 Å². The number of hydrogen-bond acceptors (Lipinski definition) is 6. The topological polar surface area (TPSA) is 91.2 Å². The Morgan fingerprint density at radius 2 is 1.67 bits per heavy atom. The molecule has 0 aliphatic heterocycles. The highest BCUT2D eigenvalue weighted by atomic mass is 16.5. The van der Waals surface area contributed by atoms with Gasteiger partial charge in [0.1, 0.15) is 29.4 Å². The van der Waals surface area contributed by atoms with Crippen LogP contribution in [0.2, 0.25) is 0 Å². The molecule has 1 saturated carbocycles. The minimum Gasteiger partial charge on any atom is -0.457 e. The zero-order chi connectivity index (χ0) is 22.5. The summed E-state index contributed by atoms with van der Waals surface area (Å²) in [5.41, 5.74) is 0.470. The maximum atomic E-state index is 12.4. The van der Waals surface area contributed by atoms with E-state index in [2.05, 4.69) is 25.1 Å². The number of benzene rings is 2. The summed E-state index contributed by atoms with van der Waals surface area (Å²) in [5.74, 6) is 3.23. The molecular weight excluding hydrogens is 418 g/mol. The fraction of sp³-hybridized carbons (Fsp3) is 0.200. The Hall–Kier alpha value is -4.20. The third kappa shape index (κ3) is 5.35. The molecule has 1 N–H and O–H groups in total. The van der Waals surface area contributed by atoms with Crippen molar-refractivity contribution in [2.75, 3.05) is 6.54 Å². The summed E-state index contributed by atoms with van der Waals surface area (Å²) in [6, 6.07) is 20.7. The predicted molar refractivity (Wildman–Crippen MR) is 122 cm³/mol. The van der Waals surface area contributed by atoms with Gasteiger partial charge in [-0.2, -0.15) is 0 Å². The summed E-state index contributed by atoms with van der Waals surface area (Å²) in [6.07, 6.45) is 6.25. The number of carbonyl (C=O) groups excluding carboxylic acids is 1. The van der Waals surface area contributed by atoms with Crippen molar-refractivity contribution in [2.45, 2.75) is 25.3 Å². The molecule has 1 amide bonds. The van der Waals surface area contributed by atoms with Crippen molar-refractivity contribution in [1.29, 1.82) is 0 Å². The van der Waals surface area contributed by atoms with E-state index < -0.39 is 0 Å². The molecule has 4 aromatic rings. The Morgan fingerprint density at radius 3 is 2.36 bits per heavy atom. The molecule has 1 aliphatic carbocycles. The first kappa shape index (κ1) is 20.7. The highest BCUT2D eigenvalue weighted by molar-refractivity contribution is 5.93. The quantitative estimate of drug-likeness (QED) is 0.409. The van der Waals surface area contributed by atoms with Crippen molar-refractivity contribution in [3.8, 4) is 23.1 Å². The Balaban J connectivity index is 1.11. The number of pyridine rings is 1. The first-order chi connectivity index (χ1) is 16.2. The molecule has 2 aromatic heterocycles. The largest absolute Gasteiger partial charge is 0.457 e. The van der Waals surface area contributed by atoms with Gasteiger partial charge in [0.05, 0.1) is 5.56 Å². The molecule has 2 aromatic carbocycles. The Bertz CT molecular complexity index is 1200. The van der Waals surface area contributed by atoms with E-state index in [9.17, 15) is 4.79 Å². The number of rotatable bonds is 9. The molecule has 0 atom stereocenters. The molecule has 0 saturated heterocycles. The van der Waals surface area contributed by atoms with Crippen LogP contribution >= 0.6 is 0 Å². The molecule has 1 aliphatic rings. The molecular formula is C25H23N5O3. The van der Waals surface area contributed by atoms with Gasteiger partial charge in [-0.15, -0.1) is 10.2 Å². The van der Waals surface area contributed by atoms with Gasteiger partial charge in [-0.25, -0.2) is 4.98 Å². The average Bonchev–Trinajstić information content (AvgIpc) is 3.59. The Labute approximate surface area is 191 Å². The third-order valence-electron chi connectivity index (χ3n) is 5.25. The standard InChI is InChI=1S/C25H23N5O3/c31-25(26-15-14-23-29-28-17-30(23)19-7-8-19)18-6-13-24(27-16-18)33-22-11-9-21(10-12-22)32-20-4-2-1-3-5-20/h1-6,9-13,16-17,19H,7-8,14-15H2,(H,26,31). The summed E-state index contributed by atoms with van der Waals surface area (Å²) < 4.78 is 13.6. The van der Waals surface area contributed by atoms with Gasteiger partial charge in [-0.3, -0.25) is 4.79 Å². The minimum atomic E-state index is -0.186. The summed E-state index contributed by atoms with van der Waals surface area (Å²) in [5, 5.41) is 11.0. The van der Waals surface area contributed by atoms with Crippen LogP contribution in [0.3, 0.4) is 0 Å². The third-order valence-corrected chi connectivity index (χ3v) is 5.25. The maximum absolute atomic E-state index is 12.4. The van der Waals surface area contributed by atoms with E-state index in [-0.39, 0.29) is 5.91 Å². The first-order valence-corrected chi connectivity index (χ1v) is 10.9. The number of para-hydroxylation sites is 1. The SMILES string of the molecule is O=C(NCCc1nncn1C1CC1)c1ccc(Oc2ccc(Oc3ccccc3)cc2)nc1. The van der Waals surface area contributed by atoms with E-state index >= 15 is 0 Å². The fourth-order valence-electron chi connectivity index (χ4n) is 3.39. The highest BCUT2D eigenvalue weighted by Crippen LogP contribution is 2.35. The van der Waals surface area contributed by atoms with Gasteiger partial charge in [0.2, 0.25) is 5.88 Å². The smallest absolute Gasteiger partial charge is 0.252 e. The molecule has 0 spiro atoms. The molecule has 1 fully saturated rings. The lowest BCUT2D eigenvalue weighted by Gasteiger charge is -2.09. The lowest BCUT2D eigenvalue weighted by molar-refractivity contribution is 0.0953. The first-order valence-electron chi connectivity index (χ1n) is 10.9. The van der Waals surface area contributed by atoms with Gasteiger partial charge in [0.15, 0.2) is 0 Å². The van der Waals surface area contributed by atoms with Gasteiger partial charge in [0, 0.05) is 31.3 Å². The summed E-state index contributed by atoms with van der Waals surface area (Å²) >= 11 is 0. The maximum Gasteiger partial charge on any atom is 0.252 e. The zero-order valence-corrected chi connectivity index (χ0v) is 17.9. The van der Waals surface area contributed by atoms with E-state index in [4.69, 9.17) is 9.47 Å². The number of amides is 1. The Morgan fingerprint density at radius 1 is 0.939 bits per heavy atom. The van der Waals surface area contributed by atoms with Crippen LogP contribution in [0.15, 0.2) is 79.3 Å². The monoisotopic (exact) mass is 441 g/mol. The van der Waals surface area contributed by atoms with Gasteiger partial charge in [0.25, 0.3) is 5.91 Å². The Kier molecular flexibility index (Phi) is 5.97. The zero-order valence-electron chi connectivity index (χ0n) is 17.9. The summed E-state index contributed by atoms with van der Waals surface area (Å²) in [4.78, 5) is 16.7. The van der Waals surface area contributed by atoms with E-state index in [1.54, 1.807) is 30.6 Å². The molecule has 166 valence electrons. The van der Waals surface area contributed by atoms with Crippen LogP contribution in [0.1, 0.15) is 35.1 Å². The predicted octanol–water partition coefficient (Wildman–Crippen LogP) is 4.57. The van der Waals surface area contributed by atoms with Crippen LogP contribution in [0.25, 0.3) is 0 Å². The van der Waals surface area contributed by atoms with Gasteiger partial charge < -0.3 is 19.4 Å². The second kappa shape index (κ2) is 9.52. The van der Waals surface area contributed by atoms with Crippen molar-refractivity contribution in [3.05, 3.63) is 90.6 Å². The van der Waals surface area contributed by atoms with Crippen LogP contribution in [-0.2, 0) is 6.42 Å². The van der Waals surface area contributed by atoms with Gasteiger partial charge in [-0.1, -0.05) is 18.2 Å². The minimum absolute atomic E-state index is 0.186. The average molecular weight is 441 g/mol. The molecule has 8 nitrogen and oxygen atoms in total. The lowest BCUT2D eigenvalue weighted by Crippen LogP contribution is -2.26. The molecule has 5 rings (SSSR count). The molecule has 0 radical (unpaired) electrons. The van der Waals surface area contributed by atoms with Crippen molar-refractivity contribution >= 4 is 5.91 Å². The number of nitrogens with zero attached hydrogens (tertiary/aromatic N) is 4. The number of hydrogen-bond donors (Lipinski definition) is 1. The molecule has 2 heterocycles. The van der Waals surface area contributed by atoms with Crippen molar-refractivity contribution < 1.29 is 14.3 Å². The molecule has 33 heavy (non-hydrogen) atoms. The number of ether oxygens (including phenoxy) is 2. The van der Waals surface area contributed by atoms with Crippen LogP contribution in [0.5, 0.6) is 23.1 Å². The van der Waals surface area contributed by atoms with Crippen molar-refractivity contribution in [3.63, 3.8) is 0 Å². The van der Waals surface area contributed by atoms with Crippen LogP contribution < -0.4 is 14.8 Å². The number of aromatic nitrogens is 4. The van der Waals surface area contributed by atoms with Gasteiger partial charge >= 0.3 is 0 Å². The second-order valence-electron chi connectivity index (χ2n) is 7.77. The van der Waals surface area contributed by atoms with Crippen LogP contribution in [0, 0.1) is 0 Å². The van der Waals surface area contributed by atoms with Crippen molar-refractivity contribution in [2.24, 2.45) is 0 Å². The second-order valence-corrected chi connectivity index (χ2v) is 7.77.